The summed E-state index contributed by atoms with van der Waals surface area (Å²) < 4.78 is 18.9. The molecular formula is C14H20FNO2. The molecule has 1 aliphatic rings. The number of hydrogen-bond acceptors (Lipinski definition) is 3. The van der Waals surface area contributed by atoms with Crippen LogP contribution in [0.15, 0.2) is 18.2 Å². The Labute approximate surface area is 107 Å². The minimum atomic E-state index is -0.203. The molecule has 0 spiro atoms. The molecule has 100 valence electrons. The first-order chi connectivity index (χ1) is 8.72. The van der Waals surface area contributed by atoms with Gasteiger partial charge in [-0.05, 0) is 31.2 Å². The van der Waals surface area contributed by atoms with Gasteiger partial charge in [0.1, 0.15) is 17.7 Å². The maximum Gasteiger partial charge on any atom is 0.123 e. The van der Waals surface area contributed by atoms with Crippen LogP contribution in [0, 0.1) is 5.82 Å². The molecule has 1 heterocycles. The summed E-state index contributed by atoms with van der Waals surface area (Å²) >= 11 is 0. The van der Waals surface area contributed by atoms with Gasteiger partial charge in [-0.1, -0.05) is 6.92 Å². The average molecular weight is 253 g/mol. The number of hydrogen-bond donors (Lipinski definition) is 1. The molecule has 18 heavy (non-hydrogen) atoms. The smallest absolute Gasteiger partial charge is 0.123 e. The second-order valence-electron chi connectivity index (χ2n) is 4.67. The molecule has 0 bridgehead atoms. The highest BCUT2D eigenvalue weighted by Gasteiger charge is 2.24. The maximum atomic E-state index is 13.1. The summed E-state index contributed by atoms with van der Waals surface area (Å²) in [5.74, 6) is 0.602. The normalized spacial score (nSPS) is 17.9. The second-order valence-corrected chi connectivity index (χ2v) is 4.67. The fraction of sp³-hybridized carbons (Fsp3) is 0.571. The van der Waals surface area contributed by atoms with E-state index in [9.17, 15) is 4.39 Å². The highest BCUT2D eigenvalue weighted by molar-refractivity contribution is 5.37. The third-order valence-corrected chi connectivity index (χ3v) is 3.31. The van der Waals surface area contributed by atoms with Crippen LogP contribution in [0.4, 0.5) is 4.39 Å². The molecule has 0 radical (unpaired) electrons. The largest absolute Gasteiger partial charge is 0.488 e. The number of rotatable bonds is 6. The van der Waals surface area contributed by atoms with Crippen molar-refractivity contribution in [1.82, 2.24) is 4.90 Å². The van der Waals surface area contributed by atoms with Gasteiger partial charge in [0.15, 0.2) is 0 Å². The van der Waals surface area contributed by atoms with Crippen molar-refractivity contribution in [2.75, 3.05) is 26.2 Å². The molecule has 3 nitrogen and oxygen atoms in total. The highest BCUT2D eigenvalue weighted by atomic mass is 19.1. The summed E-state index contributed by atoms with van der Waals surface area (Å²) in [5, 5.41) is 8.84. The number of likely N-dealkylation sites (N-methyl/N-ethyl adjacent to an activating group) is 1. The molecular weight excluding hydrogens is 233 g/mol. The number of ether oxygens (including phenoxy) is 1. The van der Waals surface area contributed by atoms with E-state index in [2.05, 4.69) is 11.8 Å². The zero-order valence-corrected chi connectivity index (χ0v) is 10.7. The van der Waals surface area contributed by atoms with E-state index in [4.69, 9.17) is 9.84 Å². The van der Waals surface area contributed by atoms with Crippen molar-refractivity contribution in [1.29, 1.82) is 0 Å². The number of fused-ring (bicyclic) bond motifs is 1. The summed E-state index contributed by atoms with van der Waals surface area (Å²) in [6, 6.07) is 4.69. The molecule has 0 aliphatic carbocycles. The van der Waals surface area contributed by atoms with Gasteiger partial charge in [0.05, 0.1) is 0 Å². The third kappa shape index (κ3) is 3.21. The van der Waals surface area contributed by atoms with Crippen LogP contribution in [0.2, 0.25) is 0 Å². The van der Waals surface area contributed by atoms with Crippen molar-refractivity contribution < 1.29 is 14.2 Å². The fourth-order valence-electron chi connectivity index (χ4n) is 2.35. The van der Waals surface area contributed by atoms with Crippen LogP contribution in [0.3, 0.4) is 0 Å². The van der Waals surface area contributed by atoms with Gasteiger partial charge >= 0.3 is 0 Å². The first kappa shape index (κ1) is 13.3. The Balaban J connectivity index is 1.90. The van der Waals surface area contributed by atoms with Gasteiger partial charge in [0, 0.05) is 31.7 Å². The van der Waals surface area contributed by atoms with Crippen LogP contribution in [0.25, 0.3) is 0 Å². The van der Waals surface area contributed by atoms with Crippen LogP contribution in [-0.2, 0) is 6.42 Å². The molecule has 0 fully saturated rings. The Morgan fingerprint density at radius 2 is 2.33 bits per heavy atom. The van der Waals surface area contributed by atoms with E-state index < -0.39 is 0 Å². The number of benzene rings is 1. The van der Waals surface area contributed by atoms with Gasteiger partial charge in [-0.15, -0.1) is 0 Å². The van der Waals surface area contributed by atoms with Gasteiger partial charge in [0.25, 0.3) is 0 Å². The Hall–Kier alpha value is -1.13. The summed E-state index contributed by atoms with van der Waals surface area (Å²) in [5.41, 5.74) is 0.957. The second kappa shape index (κ2) is 6.16. The van der Waals surface area contributed by atoms with Crippen molar-refractivity contribution in [2.24, 2.45) is 0 Å². The van der Waals surface area contributed by atoms with Crippen molar-refractivity contribution >= 4 is 0 Å². The highest BCUT2D eigenvalue weighted by Crippen LogP contribution is 2.29. The summed E-state index contributed by atoms with van der Waals surface area (Å²) in [6.07, 6.45) is 1.64. The van der Waals surface area contributed by atoms with Crippen molar-refractivity contribution in [3.8, 4) is 5.75 Å². The van der Waals surface area contributed by atoms with Crippen LogP contribution in [-0.4, -0.2) is 42.4 Å². The first-order valence-corrected chi connectivity index (χ1v) is 6.51. The average Bonchev–Trinajstić information content (AvgIpc) is 2.75. The lowest BCUT2D eigenvalue weighted by Crippen LogP contribution is -2.35. The molecule has 1 unspecified atom stereocenters. The zero-order chi connectivity index (χ0) is 13.0. The molecule has 4 heteroatoms. The third-order valence-electron chi connectivity index (χ3n) is 3.31. The van der Waals surface area contributed by atoms with Crippen molar-refractivity contribution in [3.63, 3.8) is 0 Å². The van der Waals surface area contributed by atoms with Crippen molar-refractivity contribution in [3.05, 3.63) is 29.6 Å². The van der Waals surface area contributed by atoms with E-state index in [-0.39, 0.29) is 18.5 Å². The minimum absolute atomic E-state index is 0.0976. The number of nitrogens with zero attached hydrogens (tertiary/aromatic N) is 1. The molecule has 1 aromatic carbocycles. The van der Waals surface area contributed by atoms with Crippen LogP contribution in [0.1, 0.15) is 18.9 Å². The fourth-order valence-corrected chi connectivity index (χ4v) is 2.35. The van der Waals surface area contributed by atoms with Crippen LogP contribution < -0.4 is 4.74 Å². The standard InChI is InChI=1S/C14H20FNO2/c1-2-16(6-3-7-17)10-13-9-11-8-12(15)4-5-14(11)18-13/h4-5,8,13,17H,2-3,6-7,9-10H2,1H3. The van der Waals surface area contributed by atoms with Gasteiger partial charge in [-0.25, -0.2) is 4.39 Å². The number of aliphatic hydroxyl groups is 1. The van der Waals surface area contributed by atoms with Gasteiger partial charge < -0.3 is 9.84 Å². The molecule has 0 amide bonds. The maximum absolute atomic E-state index is 13.1. The predicted octanol–water partition coefficient (Wildman–Crippen LogP) is 1.83. The lowest BCUT2D eigenvalue weighted by Gasteiger charge is -2.23. The molecule has 0 saturated carbocycles. The van der Waals surface area contributed by atoms with Crippen LogP contribution >= 0.6 is 0 Å². The quantitative estimate of drug-likeness (QED) is 0.839. The lowest BCUT2D eigenvalue weighted by atomic mass is 10.1. The van der Waals surface area contributed by atoms with Crippen molar-refractivity contribution in [2.45, 2.75) is 25.9 Å². The predicted molar refractivity (Wildman–Crippen MR) is 68.3 cm³/mol. The van der Waals surface area contributed by atoms with Gasteiger partial charge in [0.2, 0.25) is 0 Å². The SMILES string of the molecule is CCN(CCCO)CC1Cc2cc(F)ccc2O1. The van der Waals surface area contributed by atoms with E-state index in [0.29, 0.717) is 0 Å². The van der Waals surface area contributed by atoms with Gasteiger partial charge in [-0.3, -0.25) is 4.90 Å². The zero-order valence-electron chi connectivity index (χ0n) is 10.7. The Morgan fingerprint density at radius 1 is 1.50 bits per heavy atom. The monoisotopic (exact) mass is 253 g/mol. The van der Waals surface area contributed by atoms with E-state index >= 15 is 0 Å². The minimum Gasteiger partial charge on any atom is -0.488 e. The van der Waals surface area contributed by atoms with E-state index in [1.54, 1.807) is 12.1 Å². The topological polar surface area (TPSA) is 32.7 Å². The Bertz CT molecular complexity index is 397. The van der Waals surface area contributed by atoms with E-state index in [0.717, 1.165) is 43.8 Å². The van der Waals surface area contributed by atoms with Crippen LogP contribution in [0.5, 0.6) is 5.75 Å². The van der Waals surface area contributed by atoms with E-state index in [1.165, 1.54) is 6.07 Å². The molecule has 1 N–H and O–H groups in total. The summed E-state index contributed by atoms with van der Waals surface area (Å²) in [7, 11) is 0. The molecule has 1 aliphatic heterocycles. The number of halogens is 1. The van der Waals surface area contributed by atoms with E-state index in [1.807, 2.05) is 0 Å². The Kier molecular flexibility index (Phi) is 4.55. The summed E-state index contributed by atoms with van der Waals surface area (Å²) in [6.45, 7) is 4.95. The van der Waals surface area contributed by atoms with Gasteiger partial charge in [-0.2, -0.15) is 0 Å². The lowest BCUT2D eigenvalue weighted by molar-refractivity contribution is 0.146. The molecule has 0 saturated heterocycles. The molecule has 0 aromatic heterocycles. The summed E-state index contributed by atoms with van der Waals surface area (Å²) in [4.78, 5) is 2.25. The molecule has 1 atom stereocenters. The molecule has 2 rings (SSSR count). The molecule has 1 aromatic rings. The Morgan fingerprint density at radius 3 is 3.06 bits per heavy atom. The number of aliphatic hydroxyl groups excluding tert-OH is 1. The first-order valence-electron chi connectivity index (χ1n) is 6.51.